The molecule has 2 aromatic heterocycles. The summed E-state index contributed by atoms with van der Waals surface area (Å²) in [5.41, 5.74) is 0.977. The molecule has 0 spiro atoms. The highest BCUT2D eigenvalue weighted by molar-refractivity contribution is 14.1. The van der Waals surface area contributed by atoms with E-state index in [2.05, 4.69) is 59.4 Å². The quantitative estimate of drug-likeness (QED) is 0.618. The Kier molecular flexibility index (Phi) is 2.44. The lowest BCUT2D eigenvalue weighted by Gasteiger charge is -1.96. The van der Waals surface area contributed by atoms with Crippen molar-refractivity contribution in [3.63, 3.8) is 0 Å². The Hall–Kier alpha value is 0.380. The average molecular weight is 402 g/mol. The second-order valence-electron chi connectivity index (χ2n) is 2.30. The number of fused-ring (bicyclic) bond motifs is 1. The van der Waals surface area contributed by atoms with Gasteiger partial charge in [-0.25, -0.2) is 4.98 Å². The molecule has 0 fully saturated rings. The van der Waals surface area contributed by atoms with Gasteiger partial charge >= 0.3 is 0 Å². The fourth-order valence-electron chi connectivity index (χ4n) is 0.995. The minimum absolute atomic E-state index is 0.860. The van der Waals surface area contributed by atoms with Gasteiger partial charge in [-0.3, -0.25) is 0 Å². The van der Waals surface area contributed by atoms with Crippen LogP contribution in [0.1, 0.15) is 0 Å². The van der Waals surface area contributed by atoms with E-state index in [1.54, 1.807) is 0 Å². The normalized spacial score (nSPS) is 10.9. The second-order valence-corrected chi connectivity index (χ2v) is 5.19. The first-order chi connectivity index (χ1) is 5.66. The summed E-state index contributed by atoms with van der Waals surface area (Å²) < 4.78 is 5.03. The van der Waals surface area contributed by atoms with Gasteiger partial charge < -0.3 is 4.40 Å². The Labute approximate surface area is 99.8 Å². The van der Waals surface area contributed by atoms with E-state index in [-0.39, 0.29) is 0 Å². The van der Waals surface area contributed by atoms with E-state index in [0.29, 0.717) is 0 Å². The van der Waals surface area contributed by atoms with Crippen LogP contribution >= 0.6 is 54.5 Å². The fourth-order valence-corrected chi connectivity index (χ4v) is 3.00. The molecule has 2 heterocycles. The third-order valence-corrected chi connectivity index (χ3v) is 3.05. The first-order valence-corrected chi connectivity index (χ1v) is 5.82. The first kappa shape index (κ1) is 8.96. The second kappa shape index (κ2) is 3.26. The molecule has 0 saturated carbocycles. The van der Waals surface area contributed by atoms with Crippen molar-refractivity contribution < 1.29 is 0 Å². The van der Waals surface area contributed by atoms with Crippen LogP contribution in [0.3, 0.4) is 0 Å². The minimum Gasteiger partial charge on any atom is -0.304 e. The van der Waals surface area contributed by atoms with Gasteiger partial charge in [0.2, 0.25) is 0 Å². The molecule has 0 radical (unpaired) electrons. The number of hydrogen-bond donors (Lipinski definition) is 0. The molecule has 2 rings (SSSR count). The Bertz CT molecular complexity index is 438. The molecule has 2 aromatic rings. The fraction of sp³-hybridized carbons (Fsp3) is 0. The van der Waals surface area contributed by atoms with Crippen LogP contribution in [-0.2, 0) is 0 Å². The number of nitrogens with zero attached hydrogens (tertiary/aromatic N) is 2. The summed E-state index contributed by atoms with van der Waals surface area (Å²) >= 11 is 9.02. The highest BCUT2D eigenvalue weighted by Gasteiger charge is 2.03. The van der Waals surface area contributed by atoms with Crippen LogP contribution in [0, 0.1) is 3.57 Å². The summed E-state index contributed by atoms with van der Waals surface area (Å²) in [7, 11) is 0. The molecule has 0 aliphatic carbocycles. The van der Waals surface area contributed by atoms with Crippen LogP contribution in [0.5, 0.6) is 0 Å². The smallest absolute Gasteiger partial charge is 0.151 e. The summed E-state index contributed by atoms with van der Waals surface area (Å²) in [5.74, 6) is 0. The zero-order valence-corrected chi connectivity index (χ0v) is 11.1. The molecule has 0 saturated heterocycles. The van der Waals surface area contributed by atoms with Crippen LogP contribution in [0.2, 0.25) is 0 Å². The number of pyridine rings is 1. The van der Waals surface area contributed by atoms with Crippen LogP contribution in [0.4, 0.5) is 0 Å². The van der Waals surface area contributed by atoms with Crippen LogP contribution < -0.4 is 0 Å². The van der Waals surface area contributed by atoms with Gasteiger partial charge in [0, 0.05) is 16.9 Å². The molecule has 0 amide bonds. The van der Waals surface area contributed by atoms with E-state index in [1.807, 2.05) is 22.9 Å². The van der Waals surface area contributed by atoms with Gasteiger partial charge in [-0.1, -0.05) is 0 Å². The highest BCUT2D eigenvalue weighted by Crippen LogP contribution is 2.20. The summed E-state index contributed by atoms with van der Waals surface area (Å²) in [6, 6.07) is 2.04. The molecule has 0 aromatic carbocycles. The standard InChI is InChI=1S/C7H3Br2IN2/c8-4-1-5(10)7-11-6(9)3-12(7)2-4/h1-3H. The lowest BCUT2D eigenvalue weighted by atomic mass is 10.5. The predicted octanol–water partition coefficient (Wildman–Crippen LogP) is 3.46. The van der Waals surface area contributed by atoms with Gasteiger partial charge in [-0.15, -0.1) is 0 Å². The van der Waals surface area contributed by atoms with E-state index in [4.69, 9.17) is 0 Å². The first-order valence-electron chi connectivity index (χ1n) is 3.16. The summed E-state index contributed by atoms with van der Waals surface area (Å²) in [5, 5.41) is 0. The maximum Gasteiger partial charge on any atom is 0.151 e. The number of imidazole rings is 1. The van der Waals surface area contributed by atoms with Crippen LogP contribution in [0.15, 0.2) is 27.5 Å². The molecular formula is C7H3Br2IN2. The van der Waals surface area contributed by atoms with E-state index >= 15 is 0 Å². The van der Waals surface area contributed by atoms with Crippen molar-refractivity contribution >= 4 is 60.1 Å². The van der Waals surface area contributed by atoms with Gasteiger partial charge in [0.1, 0.15) is 4.60 Å². The molecule has 0 atom stereocenters. The van der Waals surface area contributed by atoms with Gasteiger partial charge in [0.05, 0.1) is 3.57 Å². The third kappa shape index (κ3) is 1.54. The number of hydrogen-bond acceptors (Lipinski definition) is 1. The van der Waals surface area contributed by atoms with Gasteiger partial charge in [0.15, 0.2) is 5.65 Å². The molecular weight excluding hydrogens is 399 g/mol. The maximum atomic E-state index is 4.31. The molecule has 5 heteroatoms. The highest BCUT2D eigenvalue weighted by atomic mass is 127. The van der Waals surface area contributed by atoms with Crippen molar-refractivity contribution in [1.29, 1.82) is 0 Å². The average Bonchev–Trinajstić information content (AvgIpc) is 2.29. The SMILES string of the molecule is Brc1cc(I)c2nc(Br)cn2c1. The predicted molar refractivity (Wildman–Crippen MR) is 63.3 cm³/mol. The molecule has 12 heavy (non-hydrogen) atoms. The Morgan fingerprint density at radius 1 is 1.33 bits per heavy atom. The van der Waals surface area contributed by atoms with Crippen molar-refractivity contribution in [1.82, 2.24) is 9.38 Å². The summed E-state index contributed by atoms with van der Waals surface area (Å²) in [4.78, 5) is 4.31. The van der Waals surface area contributed by atoms with Crippen molar-refractivity contribution in [2.45, 2.75) is 0 Å². The van der Waals surface area contributed by atoms with Crippen molar-refractivity contribution in [2.24, 2.45) is 0 Å². The molecule has 0 N–H and O–H groups in total. The molecule has 62 valence electrons. The van der Waals surface area contributed by atoms with Crippen molar-refractivity contribution in [3.05, 3.63) is 31.1 Å². The van der Waals surface area contributed by atoms with E-state index in [9.17, 15) is 0 Å². The third-order valence-electron chi connectivity index (χ3n) is 1.44. The lowest BCUT2D eigenvalue weighted by molar-refractivity contribution is 1.16. The topological polar surface area (TPSA) is 17.3 Å². The summed E-state index contributed by atoms with van der Waals surface area (Å²) in [6.07, 6.45) is 3.91. The number of halogens is 3. The lowest BCUT2D eigenvalue weighted by Crippen LogP contribution is -1.85. The molecule has 2 nitrogen and oxygen atoms in total. The minimum atomic E-state index is 0.860. The number of rotatable bonds is 0. The molecule has 0 bridgehead atoms. The zero-order chi connectivity index (χ0) is 8.72. The Morgan fingerprint density at radius 2 is 2.08 bits per heavy atom. The maximum absolute atomic E-state index is 4.31. The van der Waals surface area contributed by atoms with Crippen molar-refractivity contribution in [2.75, 3.05) is 0 Å². The summed E-state index contributed by atoms with van der Waals surface area (Å²) in [6.45, 7) is 0. The Morgan fingerprint density at radius 3 is 2.83 bits per heavy atom. The van der Waals surface area contributed by atoms with Gasteiger partial charge in [0.25, 0.3) is 0 Å². The largest absolute Gasteiger partial charge is 0.304 e. The van der Waals surface area contributed by atoms with E-state index in [1.165, 1.54) is 0 Å². The van der Waals surface area contributed by atoms with E-state index < -0.39 is 0 Å². The van der Waals surface area contributed by atoms with Gasteiger partial charge in [-0.05, 0) is 60.5 Å². The van der Waals surface area contributed by atoms with Crippen LogP contribution in [0.25, 0.3) is 5.65 Å². The molecule has 0 unspecified atom stereocenters. The van der Waals surface area contributed by atoms with E-state index in [0.717, 1.165) is 18.3 Å². The zero-order valence-electron chi connectivity index (χ0n) is 5.76. The monoisotopic (exact) mass is 400 g/mol. The number of aromatic nitrogens is 2. The van der Waals surface area contributed by atoms with Gasteiger partial charge in [-0.2, -0.15) is 0 Å². The Balaban J connectivity index is 2.88. The van der Waals surface area contributed by atoms with Crippen molar-refractivity contribution in [3.8, 4) is 0 Å². The molecule has 0 aliphatic rings. The van der Waals surface area contributed by atoms with Crippen LogP contribution in [-0.4, -0.2) is 9.38 Å². The molecule has 0 aliphatic heterocycles.